The second-order valence-corrected chi connectivity index (χ2v) is 8.14. The van der Waals surface area contributed by atoms with Gasteiger partial charge in [0.25, 0.3) is 0 Å². The first kappa shape index (κ1) is 24.5. The van der Waals surface area contributed by atoms with Gasteiger partial charge in [-0.15, -0.1) is 0 Å². The molecule has 0 amide bonds. The lowest BCUT2D eigenvalue weighted by atomic mass is 9.69. The van der Waals surface area contributed by atoms with E-state index in [4.69, 9.17) is 18.9 Å². The number of carbonyl (C=O) groups excluding carboxylic acids is 3. The molecule has 8 nitrogen and oxygen atoms in total. The van der Waals surface area contributed by atoms with Crippen LogP contribution in [0.2, 0.25) is 0 Å². The molecular weight excluding hydrogens is 426 g/mol. The van der Waals surface area contributed by atoms with Crippen molar-refractivity contribution in [1.29, 1.82) is 0 Å². The molecule has 3 rings (SSSR count). The maximum Gasteiger partial charge on any atom is 0.336 e. The summed E-state index contributed by atoms with van der Waals surface area (Å²) in [5.74, 6) is -2.63. The summed E-state index contributed by atoms with van der Waals surface area (Å²) in [6.07, 6.45) is 0.484. The molecular formula is C25H31NO7. The Bertz CT molecular complexity index is 977. The second-order valence-electron chi connectivity index (χ2n) is 8.14. The van der Waals surface area contributed by atoms with E-state index < -0.39 is 23.8 Å². The van der Waals surface area contributed by atoms with Crippen molar-refractivity contribution in [3.63, 3.8) is 0 Å². The SMILES string of the molecule is CCOCCOC(=O)C1=C(C)NC2=C(C(=O)[C@H](C(=O)OC)[C@@H](C)C2)[C@@H]1c1ccc(OC)cc1. The summed E-state index contributed by atoms with van der Waals surface area (Å²) in [6.45, 7) is 6.41. The highest BCUT2D eigenvalue weighted by Crippen LogP contribution is 2.45. The van der Waals surface area contributed by atoms with Crippen molar-refractivity contribution >= 4 is 17.7 Å². The first-order chi connectivity index (χ1) is 15.8. The van der Waals surface area contributed by atoms with Gasteiger partial charge in [0.05, 0.1) is 26.4 Å². The highest BCUT2D eigenvalue weighted by molar-refractivity contribution is 6.12. The smallest absolute Gasteiger partial charge is 0.336 e. The predicted molar refractivity (Wildman–Crippen MR) is 120 cm³/mol. The van der Waals surface area contributed by atoms with Gasteiger partial charge in [-0.05, 0) is 43.9 Å². The molecule has 8 heteroatoms. The number of ether oxygens (including phenoxy) is 4. The van der Waals surface area contributed by atoms with Crippen LogP contribution in [0, 0.1) is 11.8 Å². The molecule has 1 aromatic rings. The fraction of sp³-hybridized carbons (Fsp3) is 0.480. The number of carbonyl (C=O) groups is 3. The molecule has 0 bridgehead atoms. The van der Waals surface area contributed by atoms with Crippen LogP contribution in [0.25, 0.3) is 0 Å². The Morgan fingerprint density at radius 2 is 1.82 bits per heavy atom. The van der Waals surface area contributed by atoms with Crippen LogP contribution in [0.3, 0.4) is 0 Å². The topological polar surface area (TPSA) is 100 Å². The molecule has 1 aliphatic heterocycles. The molecule has 1 aliphatic carbocycles. The van der Waals surface area contributed by atoms with Crippen LogP contribution in [0.4, 0.5) is 0 Å². The molecule has 33 heavy (non-hydrogen) atoms. The van der Waals surface area contributed by atoms with Crippen LogP contribution in [0.15, 0.2) is 46.8 Å². The molecule has 0 unspecified atom stereocenters. The van der Waals surface area contributed by atoms with Gasteiger partial charge in [0, 0.05) is 29.5 Å². The number of allylic oxidation sites excluding steroid dienone is 3. The van der Waals surface area contributed by atoms with E-state index in [0.717, 1.165) is 11.3 Å². The van der Waals surface area contributed by atoms with Crippen LogP contribution < -0.4 is 10.1 Å². The molecule has 2 aliphatic rings. The molecule has 0 fully saturated rings. The van der Waals surface area contributed by atoms with Crippen molar-refractivity contribution in [2.45, 2.75) is 33.1 Å². The number of benzene rings is 1. The summed E-state index contributed by atoms with van der Waals surface area (Å²) in [4.78, 5) is 39.3. The number of methoxy groups -OCH3 is 2. The summed E-state index contributed by atoms with van der Waals surface area (Å²) in [7, 11) is 2.84. The Morgan fingerprint density at radius 3 is 2.42 bits per heavy atom. The van der Waals surface area contributed by atoms with Gasteiger partial charge in [-0.1, -0.05) is 19.1 Å². The fourth-order valence-electron chi connectivity index (χ4n) is 4.50. The first-order valence-corrected chi connectivity index (χ1v) is 11.1. The maximum atomic E-state index is 13.6. The van der Waals surface area contributed by atoms with E-state index in [1.165, 1.54) is 7.11 Å². The Hall–Kier alpha value is -3.13. The zero-order valence-electron chi connectivity index (χ0n) is 19.7. The number of hydrogen-bond acceptors (Lipinski definition) is 8. The Morgan fingerprint density at radius 1 is 1.12 bits per heavy atom. The molecule has 0 radical (unpaired) electrons. The van der Waals surface area contributed by atoms with Crippen LogP contribution in [0.5, 0.6) is 5.75 Å². The van der Waals surface area contributed by atoms with Crippen molar-refractivity contribution in [3.8, 4) is 5.75 Å². The van der Waals surface area contributed by atoms with E-state index in [-0.39, 0.29) is 24.9 Å². The van der Waals surface area contributed by atoms with E-state index in [1.807, 2.05) is 26.0 Å². The van der Waals surface area contributed by atoms with E-state index in [0.29, 0.717) is 35.6 Å². The van der Waals surface area contributed by atoms with E-state index in [2.05, 4.69) is 5.32 Å². The number of dihydropyridines is 1. The van der Waals surface area contributed by atoms with Gasteiger partial charge in [0.2, 0.25) is 0 Å². The van der Waals surface area contributed by atoms with Gasteiger partial charge in [0.15, 0.2) is 5.78 Å². The van der Waals surface area contributed by atoms with E-state index in [1.54, 1.807) is 26.2 Å². The summed E-state index contributed by atoms with van der Waals surface area (Å²) in [5.41, 5.74) is 2.80. The van der Waals surface area contributed by atoms with Gasteiger partial charge in [-0.25, -0.2) is 4.79 Å². The summed E-state index contributed by atoms with van der Waals surface area (Å²) >= 11 is 0. The molecule has 0 spiro atoms. The lowest BCUT2D eigenvalue weighted by molar-refractivity contribution is -0.151. The van der Waals surface area contributed by atoms with Gasteiger partial charge >= 0.3 is 11.9 Å². The van der Waals surface area contributed by atoms with Gasteiger partial charge in [-0.2, -0.15) is 0 Å². The third-order valence-corrected chi connectivity index (χ3v) is 6.08. The Labute approximate surface area is 193 Å². The van der Waals surface area contributed by atoms with Crippen molar-refractivity contribution < 1.29 is 33.3 Å². The minimum atomic E-state index is -0.926. The lowest BCUT2D eigenvalue weighted by Crippen LogP contribution is -2.43. The van der Waals surface area contributed by atoms with Gasteiger partial charge < -0.3 is 24.3 Å². The number of hydrogen-bond donors (Lipinski definition) is 1. The molecule has 1 aromatic carbocycles. The van der Waals surface area contributed by atoms with Crippen LogP contribution in [0.1, 0.15) is 38.7 Å². The number of esters is 2. The third kappa shape index (κ3) is 4.95. The van der Waals surface area contributed by atoms with Gasteiger partial charge in [-0.3, -0.25) is 9.59 Å². The second kappa shape index (κ2) is 10.7. The number of ketones is 1. The van der Waals surface area contributed by atoms with Crippen molar-refractivity contribution in [1.82, 2.24) is 5.32 Å². The Kier molecular flexibility index (Phi) is 7.92. The highest BCUT2D eigenvalue weighted by Gasteiger charge is 2.47. The molecule has 0 aromatic heterocycles. The molecule has 1 heterocycles. The first-order valence-electron chi connectivity index (χ1n) is 11.1. The minimum absolute atomic E-state index is 0.0977. The van der Waals surface area contributed by atoms with Crippen molar-refractivity contribution in [3.05, 3.63) is 52.4 Å². The summed E-state index contributed by atoms with van der Waals surface area (Å²) < 4.78 is 20.9. The summed E-state index contributed by atoms with van der Waals surface area (Å²) in [6, 6.07) is 7.19. The Balaban J connectivity index is 2.06. The zero-order valence-corrected chi connectivity index (χ0v) is 19.7. The minimum Gasteiger partial charge on any atom is -0.497 e. The van der Waals surface area contributed by atoms with Crippen LogP contribution in [-0.4, -0.2) is 51.8 Å². The third-order valence-electron chi connectivity index (χ3n) is 6.08. The molecule has 178 valence electrons. The predicted octanol–water partition coefficient (Wildman–Crippen LogP) is 2.89. The van der Waals surface area contributed by atoms with E-state index >= 15 is 0 Å². The van der Waals surface area contributed by atoms with Crippen molar-refractivity contribution in [2.24, 2.45) is 11.8 Å². The van der Waals surface area contributed by atoms with E-state index in [9.17, 15) is 14.4 Å². The number of nitrogens with one attached hydrogen (secondary N) is 1. The maximum absolute atomic E-state index is 13.6. The van der Waals surface area contributed by atoms with Crippen LogP contribution in [-0.2, 0) is 28.6 Å². The number of Topliss-reactive ketones (excluding diaryl/α,β-unsaturated/α-hetero) is 1. The van der Waals surface area contributed by atoms with Crippen molar-refractivity contribution in [2.75, 3.05) is 34.0 Å². The average Bonchev–Trinajstić information content (AvgIpc) is 2.80. The molecule has 0 saturated carbocycles. The standard InChI is InChI=1S/C25H31NO7/c1-6-32-11-12-33-25(29)20-15(3)26-18-13-14(2)19(24(28)31-5)23(27)22(18)21(20)16-7-9-17(30-4)10-8-16/h7-10,14,19,21,26H,6,11-13H2,1-5H3/t14-,19+,21+/m0/s1. The quantitative estimate of drug-likeness (QED) is 0.361. The fourth-order valence-corrected chi connectivity index (χ4v) is 4.50. The average molecular weight is 458 g/mol. The zero-order chi connectivity index (χ0) is 24.1. The largest absolute Gasteiger partial charge is 0.497 e. The normalized spacial score (nSPS) is 22.5. The highest BCUT2D eigenvalue weighted by atomic mass is 16.6. The summed E-state index contributed by atoms with van der Waals surface area (Å²) in [5, 5.41) is 3.24. The molecule has 1 N–H and O–H groups in total. The van der Waals surface area contributed by atoms with Gasteiger partial charge in [0.1, 0.15) is 18.3 Å². The monoisotopic (exact) mass is 457 g/mol. The number of rotatable bonds is 8. The molecule has 0 saturated heterocycles. The van der Waals surface area contributed by atoms with Crippen LogP contribution >= 0.6 is 0 Å². The molecule has 3 atom stereocenters. The lowest BCUT2D eigenvalue weighted by Gasteiger charge is -2.38.